The Balaban J connectivity index is 1.81. The van der Waals surface area contributed by atoms with Crippen molar-refractivity contribution >= 4 is 11.8 Å². The maximum Gasteiger partial charge on any atom is 0.336 e. The van der Waals surface area contributed by atoms with Gasteiger partial charge in [0.25, 0.3) is 0 Å². The maximum atomic E-state index is 14.0. The summed E-state index contributed by atoms with van der Waals surface area (Å²) in [4.78, 5) is 27.4. The van der Waals surface area contributed by atoms with Crippen LogP contribution in [0.4, 0.5) is 0 Å². The standard InChI is InChI=1S/C31H37NO7/c1-7-8-14-39-31(34)27-18(2)32-22-15-20(19-12-13-24(35-3)26(17-19)37-5)16-23(33)29(22)28(27)21-10-9-11-25(36-4)30(21)38-6/h9-13,17,20,28,32H,7-8,14-16H2,1-6H3/t20-,28+/m1/s1. The second-order valence-corrected chi connectivity index (χ2v) is 9.70. The Morgan fingerprint density at radius 1 is 0.949 bits per heavy atom. The Hall–Kier alpha value is -3.94. The summed E-state index contributed by atoms with van der Waals surface area (Å²) >= 11 is 0. The Kier molecular flexibility index (Phi) is 8.84. The van der Waals surface area contributed by atoms with Crippen LogP contribution in [0, 0.1) is 0 Å². The van der Waals surface area contributed by atoms with Gasteiger partial charge in [0.1, 0.15) is 0 Å². The molecule has 0 radical (unpaired) electrons. The number of benzene rings is 2. The lowest BCUT2D eigenvalue weighted by Crippen LogP contribution is -2.36. The molecule has 0 spiro atoms. The fourth-order valence-corrected chi connectivity index (χ4v) is 5.49. The molecule has 2 aromatic carbocycles. The fourth-order valence-electron chi connectivity index (χ4n) is 5.49. The number of ketones is 1. The van der Waals surface area contributed by atoms with E-state index in [1.54, 1.807) is 34.5 Å². The second kappa shape index (κ2) is 12.3. The lowest BCUT2D eigenvalue weighted by molar-refractivity contribution is -0.139. The number of rotatable bonds is 10. The van der Waals surface area contributed by atoms with E-state index in [1.807, 2.05) is 44.2 Å². The number of unbranched alkanes of at least 4 members (excludes halogenated alkanes) is 1. The average Bonchev–Trinajstić information content (AvgIpc) is 2.95. The van der Waals surface area contributed by atoms with Crippen LogP contribution in [0.3, 0.4) is 0 Å². The number of esters is 1. The van der Waals surface area contributed by atoms with Crippen LogP contribution in [0.25, 0.3) is 0 Å². The molecule has 2 atom stereocenters. The van der Waals surface area contributed by atoms with Gasteiger partial charge < -0.3 is 29.0 Å². The van der Waals surface area contributed by atoms with Crippen LogP contribution < -0.4 is 24.3 Å². The van der Waals surface area contributed by atoms with Crippen molar-refractivity contribution in [3.8, 4) is 23.0 Å². The Labute approximate surface area is 229 Å². The molecule has 0 unspecified atom stereocenters. The highest BCUT2D eigenvalue weighted by Crippen LogP contribution is 2.49. The molecule has 0 bridgehead atoms. The molecule has 8 nitrogen and oxygen atoms in total. The van der Waals surface area contributed by atoms with Gasteiger partial charge in [-0.3, -0.25) is 4.79 Å². The molecule has 39 heavy (non-hydrogen) atoms. The molecule has 0 saturated heterocycles. The summed E-state index contributed by atoms with van der Waals surface area (Å²) in [7, 11) is 6.31. The fraction of sp³-hybridized carbons (Fsp3) is 0.419. The number of carbonyl (C=O) groups is 2. The monoisotopic (exact) mass is 535 g/mol. The number of methoxy groups -OCH3 is 4. The van der Waals surface area contributed by atoms with Gasteiger partial charge in [0.15, 0.2) is 28.8 Å². The third-order valence-corrected chi connectivity index (χ3v) is 7.40. The summed E-state index contributed by atoms with van der Waals surface area (Å²) in [6.45, 7) is 4.21. The second-order valence-electron chi connectivity index (χ2n) is 9.70. The molecular weight excluding hydrogens is 498 g/mol. The number of para-hydroxylation sites is 1. The number of ether oxygens (including phenoxy) is 5. The summed E-state index contributed by atoms with van der Waals surface area (Å²) in [5, 5.41) is 3.40. The SMILES string of the molecule is CCCCOC(=O)C1=C(C)NC2=C(C(=O)C[C@H](c3ccc(OC)c(OC)c3)C2)[C@H]1c1cccc(OC)c1OC. The minimum absolute atomic E-state index is 0.0373. The van der Waals surface area contributed by atoms with Gasteiger partial charge in [-0.2, -0.15) is 0 Å². The van der Waals surface area contributed by atoms with E-state index in [1.165, 1.54) is 0 Å². The third-order valence-electron chi connectivity index (χ3n) is 7.40. The van der Waals surface area contributed by atoms with Crippen molar-refractivity contribution in [3.05, 3.63) is 70.1 Å². The number of allylic oxidation sites excluding steroid dienone is 3. The van der Waals surface area contributed by atoms with Gasteiger partial charge >= 0.3 is 5.97 Å². The number of Topliss-reactive ketones (excluding diaryl/α,β-unsaturated/α-hetero) is 1. The zero-order valence-corrected chi connectivity index (χ0v) is 23.5. The van der Waals surface area contributed by atoms with E-state index in [9.17, 15) is 9.59 Å². The van der Waals surface area contributed by atoms with E-state index < -0.39 is 11.9 Å². The lowest BCUT2D eigenvalue weighted by atomic mass is 9.71. The van der Waals surface area contributed by atoms with Crippen LogP contribution in [0.2, 0.25) is 0 Å². The minimum atomic E-state index is -0.653. The Morgan fingerprint density at radius 3 is 2.36 bits per heavy atom. The number of hydrogen-bond donors (Lipinski definition) is 1. The predicted molar refractivity (Wildman–Crippen MR) is 148 cm³/mol. The number of dihydropyridines is 1. The lowest BCUT2D eigenvalue weighted by Gasteiger charge is -2.37. The summed E-state index contributed by atoms with van der Waals surface area (Å²) in [5.41, 5.74) is 4.09. The zero-order valence-electron chi connectivity index (χ0n) is 23.5. The highest BCUT2D eigenvalue weighted by molar-refractivity contribution is 6.04. The smallest absolute Gasteiger partial charge is 0.336 e. The van der Waals surface area contributed by atoms with Crippen LogP contribution >= 0.6 is 0 Å². The molecule has 0 fully saturated rings. The van der Waals surface area contributed by atoms with Gasteiger partial charge in [0, 0.05) is 29.0 Å². The van der Waals surface area contributed by atoms with Gasteiger partial charge in [0.2, 0.25) is 0 Å². The van der Waals surface area contributed by atoms with Crippen LogP contribution in [0.15, 0.2) is 58.9 Å². The normalized spacial score (nSPS) is 18.8. The van der Waals surface area contributed by atoms with Crippen molar-refractivity contribution in [2.75, 3.05) is 35.0 Å². The highest BCUT2D eigenvalue weighted by Gasteiger charge is 2.43. The average molecular weight is 536 g/mol. The van der Waals surface area contributed by atoms with Crippen LogP contribution in [0.5, 0.6) is 23.0 Å². The van der Waals surface area contributed by atoms with Gasteiger partial charge in [0.05, 0.1) is 46.5 Å². The van der Waals surface area contributed by atoms with E-state index >= 15 is 0 Å². The molecule has 2 aliphatic rings. The van der Waals surface area contributed by atoms with Crippen molar-refractivity contribution in [2.45, 2.75) is 51.4 Å². The van der Waals surface area contributed by atoms with Crippen molar-refractivity contribution in [1.29, 1.82) is 0 Å². The van der Waals surface area contributed by atoms with E-state index in [0.29, 0.717) is 58.4 Å². The van der Waals surface area contributed by atoms with Crippen LogP contribution in [-0.4, -0.2) is 46.8 Å². The first kappa shape index (κ1) is 28.1. The number of nitrogens with one attached hydrogen (secondary N) is 1. The third kappa shape index (κ3) is 5.46. The van der Waals surface area contributed by atoms with Crippen molar-refractivity contribution in [2.24, 2.45) is 0 Å². The molecule has 2 aromatic rings. The molecule has 208 valence electrons. The van der Waals surface area contributed by atoms with Crippen LogP contribution in [-0.2, 0) is 14.3 Å². The van der Waals surface area contributed by atoms with E-state index in [0.717, 1.165) is 24.1 Å². The maximum absolute atomic E-state index is 14.0. The van der Waals surface area contributed by atoms with E-state index in [4.69, 9.17) is 23.7 Å². The van der Waals surface area contributed by atoms with Gasteiger partial charge in [-0.15, -0.1) is 0 Å². The molecule has 1 heterocycles. The van der Waals surface area contributed by atoms with E-state index in [-0.39, 0.29) is 18.1 Å². The Bertz CT molecular complexity index is 1310. The number of carbonyl (C=O) groups excluding carboxylic acids is 2. The summed E-state index contributed by atoms with van der Waals surface area (Å²) in [5.74, 6) is 1.06. The van der Waals surface area contributed by atoms with Crippen molar-refractivity contribution < 1.29 is 33.3 Å². The first-order chi connectivity index (χ1) is 18.9. The van der Waals surface area contributed by atoms with Crippen molar-refractivity contribution in [3.63, 3.8) is 0 Å². The summed E-state index contributed by atoms with van der Waals surface area (Å²) in [6.07, 6.45) is 2.55. The van der Waals surface area contributed by atoms with Gasteiger partial charge in [-0.05, 0) is 49.4 Å². The van der Waals surface area contributed by atoms with Crippen molar-refractivity contribution in [1.82, 2.24) is 5.32 Å². The molecule has 1 N–H and O–H groups in total. The molecule has 1 aliphatic heterocycles. The highest BCUT2D eigenvalue weighted by atomic mass is 16.5. The summed E-state index contributed by atoms with van der Waals surface area (Å²) in [6, 6.07) is 11.3. The largest absolute Gasteiger partial charge is 0.493 e. The van der Waals surface area contributed by atoms with Gasteiger partial charge in [-0.25, -0.2) is 4.79 Å². The minimum Gasteiger partial charge on any atom is -0.493 e. The molecule has 0 saturated carbocycles. The molecular formula is C31H37NO7. The molecule has 8 heteroatoms. The molecule has 1 aliphatic carbocycles. The zero-order chi connectivity index (χ0) is 28.1. The molecule has 0 amide bonds. The first-order valence-corrected chi connectivity index (χ1v) is 13.2. The molecule has 0 aromatic heterocycles. The Morgan fingerprint density at radius 2 is 1.69 bits per heavy atom. The molecule has 4 rings (SSSR count). The van der Waals surface area contributed by atoms with Crippen LogP contribution in [0.1, 0.15) is 62.5 Å². The van der Waals surface area contributed by atoms with Gasteiger partial charge in [-0.1, -0.05) is 31.5 Å². The predicted octanol–water partition coefficient (Wildman–Crippen LogP) is 5.43. The quantitative estimate of drug-likeness (QED) is 0.318. The topological polar surface area (TPSA) is 92.3 Å². The summed E-state index contributed by atoms with van der Waals surface area (Å²) < 4.78 is 27.9. The van der Waals surface area contributed by atoms with E-state index in [2.05, 4.69) is 5.32 Å². The number of hydrogen-bond acceptors (Lipinski definition) is 8. The first-order valence-electron chi connectivity index (χ1n) is 13.2.